The molecular weight excluding hydrogens is 354 g/mol. The van der Waals surface area contributed by atoms with Crippen molar-refractivity contribution in [3.05, 3.63) is 83.9 Å². The lowest BCUT2D eigenvalue weighted by molar-refractivity contribution is 0.235. The van der Waals surface area contributed by atoms with Gasteiger partial charge in [-0.2, -0.15) is 0 Å². The summed E-state index contributed by atoms with van der Waals surface area (Å²) in [6.45, 7) is 4.06. The second-order valence-electron chi connectivity index (χ2n) is 6.84. The molecule has 0 saturated carbocycles. The number of pyridine rings is 1. The zero-order chi connectivity index (χ0) is 19.3. The van der Waals surface area contributed by atoms with Crippen LogP contribution in [0.2, 0.25) is 0 Å². The number of nitrogens with zero attached hydrogens (tertiary/aromatic N) is 2. The van der Waals surface area contributed by atoms with Gasteiger partial charge in [0.2, 0.25) is 5.88 Å². The molecule has 2 aromatic heterocycles. The fraction of sp³-hybridized carbons (Fsp3) is 0.136. The first-order valence-corrected chi connectivity index (χ1v) is 9.03. The second-order valence-corrected chi connectivity index (χ2v) is 6.84. The van der Waals surface area contributed by atoms with E-state index in [0.29, 0.717) is 17.5 Å². The molecule has 3 aromatic rings. The minimum absolute atomic E-state index is 0.0966. The fourth-order valence-corrected chi connectivity index (χ4v) is 3.66. The normalized spacial score (nSPS) is 18.3. The molecule has 2 N–H and O–H groups in total. The van der Waals surface area contributed by atoms with Gasteiger partial charge in [0.1, 0.15) is 23.3 Å². The summed E-state index contributed by atoms with van der Waals surface area (Å²) >= 11 is 0. The van der Waals surface area contributed by atoms with Gasteiger partial charge in [0.05, 0.1) is 23.6 Å². The van der Waals surface area contributed by atoms with Crippen LogP contribution in [0, 0.1) is 6.92 Å². The van der Waals surface area contributed by atoms with Crippen LogP contribution in [0.15, 0.2) is 82.7 Å². The molecule has 5 rings (SSSR count). The number of hydrogen-bond donors (Lipinski definition) is 1. The molecule has 1 atom stereocenters. The lowest BCUT2D eigenvalue weighted by Gasteiger charge is -2.33. The van der Waals surface area contributed by atoms with Crippen LogP contribution in [0.1, 0.15) is 12.5 Å². The van der Waals surface area contributed by atoms with Gasteiger partial charge in [-0.15, -0.1) is 0 Å². The van der Waals surface area contributed by atoms with Gasteiger partial charge in [0, 0.05) is 17.5 Å². The second kappa shape index (κ2) is 6.20. The van der Waals surface area contributed by atoms with Crippen molar-refractivity contribution in [3.63, 3.8) is 0 Å². The van der Waals surface area contributed by atoms with E-state index in [9.17, 15) is 0 Å². The van der Waals surface area contributed by atoms with Gasteiger partial charge in [-0.05, 0) is 61.9 Å². The van der Waals surface area contributed by atoms with Crippen molar-refractivity contribution in [2.24, 2.45) is 5.73 Å². The number of fused-ring (bicyclic) bond motifs is 2. The van der Waals surface area contributed by atoms with Crippen LogP contribution in [0.4, 0.5) is 5.69 Å². The summed E-state index contributed by atoms with van der Waals surface area (Å²) in [5.74, 6) is 1.90. The Balaban J connectivity index is 1.49. The van der Waals surface area contributed by atoms with E-state index in [1.807, 2.05) is 55.2 Å². The van der Waals surface area contributed by atoms with Gasteiger partial charge in [0.15, 0.2) is 0 Å². The molecule has 2 aliphatic heterocycles. The Labute approximate surface area is 162 Å². The van der Waals surface area contributed by atoms with Crippen molar-refractivity contribution in [2.45, 2.75) is 20.0 Å². The van der Waals surface area contributed by atoms with Crippen LogP contribution in [-0.4, -0.2) is 11.1 Å². The maximum atomic E-state index is 6.45. The molecule has 1 unspecified atom stereocenters. The molecule has 28 heavy (non-hydrogen) atoms. The Hall–Kier alpha value is -3.67. The highest BCUT2D eigenvalue weighted by Gasteiger charge is 2.29. The Morgan fingerprint density at radius 2 is 2.07 bits per heavy atom. The molecular formula is C22H19N3O3. The van der Waals surface area contributed by atoms with Crippen molar-refractivity contribution >= 4 is 16.7 Å². The molecule has 0 saturated heterocycles. The lowest BCUT2D eigenvalue weighted by Crippen LogP contribution is -2.33. The lowest BCUT2D eigenvalue weighted by atomic mass is 10.0. The minimum Gasteiger partial charge on any atom is -0.489 e. The molecule has 0 bridgehead atoms. The van der Waals surface area contributed by atoms with Gasteiger partial charge in [-0.25, -0.2) is 4.98 Å². The minimum atomic E-state index is -0.0966. The van der Waals surface area contributed by atoms with Crippen LogP contribution in [0.5, 0.6) is 11.6 Å². The summed E-state index contributed by atoms with van der Waals surface area (Å²) in [6, 6.07) is 9.56. The van der Waals surface area contributed by atoms with Crippen molar-refractivity contribution in [1.82, 2.24) is 4.98 Å². The number of furan rings is 1. The fourth-order valence-electron chi connectivity index (χ4n) is 3.66. The SMILES string of the molecule is CC1=CC2OC=CC2=C(N)N1c1ccc(Oc2nccc3occc23)cc1C. The zero-order valence-corrected chi connectivity index (χ0v) is 15.5. The van der Waals surface area contributed by atoms with Gasteiger partial charge in [-0.3, -0.25) is 0 Å². The van der Waals surface area contributed by atoms with Crippen molar-refractivity contribution in [1.29, 1.82) is 0 Å². The molecule has 6 heteroatoms. The zero-order valence-electron chi connectivity index (χ0n) is 15.5. The van der Waals surface area contributed by atoms with Gasteiger partial charge < -0.3 is 24.5 Å². The third kappa shape index (κ3) is 2.53. The summed E-state index contributed by atoms with van der Waals surface area (Å²) in [6.07, 6.45) is 8.88. The smallest absolute Gasteiger partial charge is 0.230 e. The van der Waals surface area contributed by atoms with Gasteiger partial charge in [0.25, 0.3) is 0 Å². The highest BCUT2D eigenvalue weighted by atomic mass is 16.5. The molecule has 0 radical (unpaired) electrons. The number of benzene rings is 1. The third-order valence-corrected chi connectivity index (χ3v) is 5.03. The third-order valence-electron chi connectivity index (χ3n) is 5.03. The number of ether oxygens (including phenoxy) is 2. The van der Waals surface area contributed by atoms with E-state index in [0.717, 1.165) is 33.5 Å². The number of aryl methyl sites for hydroxylation is 1. The molecule has 0 spiro atoms. The largest absolute Gasteiger partial charge is 0.489 e. The molecule has 0 aliphatic carbocycles. The summed E-state index contributed by atoms with van der Waals surface area (Å²) in [4.78, 5) is 6.37. The summed E-state index contributed by atoms with van der Waals surface area (Å²) < 4.78 is 17.0. The number of allylic oxidation sites excluding steroid dienone is 1. The van der Waals surface area contributed by atoms with E-state index in [1.165, 1.54) is 0 Å². The summed E-state index contributed by atoms with van der Waals surface area (Å²) in [5, 5.41) is 0.840. The first-order valence-electron chi connectivity index (χ1n) is 9.03. The highest BCUT2D eigenvalue weighted by Crippen LogP contribution is 2.37. The Morgan fingerprint density at radius 1 is 1.18 bits per heavy atom. The van der Waals surface area contributed by atoms with Crippen LogP contribution in [0.25, 0.3) is 11.0 Å². The number of aromatic nitrogens is 1. The molecule has 0 fully saturated rings. The van der Waals surface area contributed by atoms with E-state index < -0.39 is 0 Å². The molecule has 6 nitrogen and oxygen atoms in total. The molecule has 2 aliphatic rings. The number of hydrogen-bond acceptors (Lipinski definition) is 6. The standard InChI is InChI=1S/C22H19N3O3/c1-13-11-15(28-22-17-7-10-26-19(17)5-8-24-22)3-4-18(13)25-14(2)12-20-16(21(25)23)6-9-27-20/h3-12,20H,23H2,1-2H3. The quantitative estimate of drug-likeness (QED) is 0.715. The topological polar surface area (TPSA) is 73.8 Å². The molecule has 1 aromatic carbocycles. The number of rotatable bonds is 3. The maximum absolute atomic E-state index is 6.45. The Bertz CT molecular complexity index is 1170. The van der Waals surface area contributed by atoms with Crippen molar-refractivity contribution < 1.29 is 13.9 Å². The summed E-state index contributed by atoms with van der Waals surface area (Å²) in [5.41, 5.74) is 11.2. The van der Waals surface area contributed by atoms with Crippen molar-refractivity contribution in [3.8, 4) is 11.6 Å². The maximum Gasteiger partial charge on any atom is 0.230 e. The summed E-state index contributed by atoms with van der Waals surface area (Å²) in [7, 11) is 0. The average molecular weight is 373 g/mol. The predicted octanol–water partition coefficient (Wildman–Crippen LogP) is 4.74. The van der Waals surface area contributed by atoms with E-state index in [4.69, 9.17) is 19.6 Å². The highest BCUT2D eigenvalue weighted by molar-refractivity contribution is 5.82. The molecule has 4 heterocycles. The van der Waals surface area contributed by atoms with E-state index in [-0.39, 0.29) is 6.10 Å². The van der Waals surface area contributed by atoms with Crippen LogP contribution >= 0.6 is 0 Å². The molecule has 0 amide bonds. The van der Waals surface area contributed by atoms with Crippen LogP contribution in [-0.2, 0) is 4.74 Å². The Morgan fingerprint density at radius 3 is 2.93 bits per heavy atom. The number of anilines is 1. The molecule has 140 valence electrons. The first kappa shape index (κ1) is 16.5. The Kier molecular flexibility index (Phi) is 3.65. The predicted molar refractivity (Wildman–Crippen MR) is 107 cm³/mol. The monoisotopic (exact) mass is 373 g/mol. The number of nitrogens with two attached hydrogens (primary N) is 1. The van der Waals surface area contributed by atoms with Gasteiger partial charge in [-0.1, -0.05) is 0 Å². The van der Waals surface area contributed by atoms with Gasteiger partial charge >= 0.3 is 0 Å². The van der Waals surface area contributed by atoms with E-state index in [1.54, 1.807) is 18.7 Å². The first-order chi connectivity index (χ1) is 13.6. The van der Waals surface area contributed by atoms with Crippen LogP contribution < -0.4 is 15.4 Å². The van der Waals surface area contributed by atoms with E-state index in [2.05, 4.69) is 11.1 Å². The van der Waals surface area contributed by atoms with Crippen LogP contribution in [0.3, 0.4) is 0 Å². The van der Waals surface area contributed by atoms with Crippen molar-refractivity contribution in [2.75, 3.05) is 4.90 Å². The van der Waals surface area contributed by atoms with E-state index >= 15 is 0 Å². The average Bonchev–Trinajstić information content (AvgIpc) is 3.33.